The average Bonchev–Trinajstić information content (AvgIpc) is 2.66. The molecule has 0 bridgehead atoms. The third-order valence-corrected chi connectivity index (χ3v) is 6.20. The first-order valence-electron chi connectivity index (χ1n) is 8.98. The van der Waals surface area contributed by atoms with Gasteiger partial charge in [0.05, 0.1) is 29.9 Å². The monoisotopic (exact) mass is 413 g/mol. The molecule has 29 heavy (non-hydrogen) atoms. The van der Waals surface area contributed by atoms with Gasteiger partial charge < -0.3 is 4.90 Å². The van der Waals surface area contributed by atoms with Gasteiger partial charge in [0.15, 0.2) is 5.69 Å². The van der Waals surface area contributed by atoms with Gasteiger partial charge in [-0.3, -0.25) is 14.6 Å². The van der Waals surface area contributed by atoms with Crippen molar-refractivity contribution in [1.29, 1.82) is 0 Å². The Balaban J connectivity index is 1.53. The summed E-state index contributed by atoms with van der Waals surface area (Å²) in [4.78, 5) is 30.5. The zero-order chi connectivity index (χ0) is 20.6. The van der Waals surface area contributed by atoms with E-state index < -0.39 is 10.0 Å². The molecule has 0 aliphatic carbocycles. The summed E-state index contributed by atoms with van der Waals surface area (Å²) in [7, 11) is -3.48. The lowest BCUT2D eigenvalue weighted by Gasteiger charge is -2.44. The zero-order valence-corrected chi connectivity index (χ0v) is 16.5. The number of pyridine rings is 1. The molecule has 1 aliphatic heterocycles. The van der Waals surface area contributed by atoms with E-state index in [1.807, 2.05) is 0 Å². The molecule has 1 N–H and O–H groups in total. The first-order chi connectivity index (χ1) is 13.8. The zero-order valence-electron chi connectivity index (χ0n) is 15.6. The lowest BCUT2D eigenvalue weighted by atomic mass is 10.1. The molecule has 1 amide bonds. The Morgan fingerprint density at radius 1 is 1.17 bits per heavy atom. The second kappa shape index (κ2) is 7.37. The maximum Gasteiger partial charge on any atom is 0.275 e. The molecule has 1 aliphatic rings. The summed E-state index contributed by atoms with van der Waals surface area (Å²) in [6.07, 6.45) is 2.76. The number of aromatic amines is 1. The minimum absolute atomic E-state index is 0.145. The fourth-order valence-corrected chi connectivity index (χ4v) is 4.44. The summed E-state index contributed by atoms with van der Waals surface area (Å²) >= 11 is 0. The normalized spacial score (nSPS) is 14.9. The number of sulfonamides is 1. The molecule has 0 atom stereocenters. The number of fused-ring (bicyclic) bond motifs is 1. The SMILES string of the molecule is CS(=O)(=O)N(Cc1ccccn1)C1CN(C(=O)c2n[nH]c(=O)c3ccccc23)C1. The Morgan fingerprint density at radius 2 is 1.86 bits per heavy atom. The van der Waals surface area contributed by atoms with Crippen LogP contribution in [0.3, 0.4) is 0 Å². The van der Waals surface area contributed by atoms with E-state index in [1.54, 1.807) is 48.7 Å². The van der Waals surface area contributed by atoms with E-state index in [1.165, 1.54) is 9.21 Å². The quantitative estimate of drug-likeness (QED) is 0.655. The molecule has 3 heterocycles. The van der Waals surface area contributed by atoms with Gasteiger partial charge >= 0.3 is 0 Å². The van der Waals surface area contributed by atoms with E-state index in [2.05, 4.69) is 15.2 Å². The number of rotatable bonds is 5. The van der Waals surface area contributed by atoms with Crippen LogP contribution in [-0.2, 0) is 16.6 Å². The molecule has 1 aromatic carbocycles. The highest BCUT2D eigenvalue weighted by Crippen LogP contribution is 2.23. The molecule has 2 aromatic heterocycles. The lowest BCUT2D eigenvalue weighted by molar-refractivity contribution is 0.0437. The highest BCUT2D eigenvalue weighted by Gasteiger charge is 2.40. The van der Waals surface area contributed by atoms with Crippen LogP contribution in [0.25, 0.3) is 10.8 Å². The van der Waals surface area contributed by atoms with Crippen molar-refractivity contribution in [2.75, 3.05) is 19.3 Å². The maximum atomic E-state index is 12.9. The van der Waals surface area contributed by atoms with Crippen molar-refractivity contribution in [2.45, 2.75) is 12.6 Å². The molecule has 0 spiro atoms. The van der Waals surface area contributed by atoms with Gasteiger partial charge in [0.25, 0.3) is 11.5 Å². The minimum Gasteiger partial charge on any atom is -0.334 e. The lowest BCUT2D eigenvalue weighted by Crippen LogP contribution is -2.62. The molecular weight excluding hydrogens is 394 g/mol. The second-order valence-electron chi connectivity index (χ2n) is 6.94. The number of carbonyl (C=O) groups is 1. The van der Waals surface area contributed by atoms with Gasteiger partial charge in [-0.2, -0.15) is 9.40 Å². The summed E-state index contributed by atoms with van der Waals surface area (Å²) in [6, 6.07) is 11.7. The predicted molar refractivity (Wildman–Crippen MR) is 107 cm³/mol. The molecule has 10 heteroatoms. The molecule has 150 valence electrons. The summed E-state index contributed by atoms with van der Waals surface area (Å²) in [5.74, 6) is -0.347. The first-order valence-corrected chi connectivity index (χ1v) is 10.8. The largest absolute Gasteiger partial charge is 0.334 e. The van der Waals surface area contributed by atoms with Gasteiger partial charge in [0, 0.05) is 24.7 Å². The van der Waals surface area contributed by atoms with Crippen LogP contribution in [0.4, 0.5) is 0 Å². The number of hydrogen-bond donors (Lipinski definition) is 1. The van der Waals surface area contributed by atoms with E-state index >= 15 is 0 Å². The van der Waals surface area contributed by atoms with Crippen molar-refractivity contribution in [2.24, 2.45) is 0 Å². The molecule has 0 unspecified atom stereocenters. The molecule has 0 saturated carbocycles. The first kappa shape index (κ1) is 19.2. The molecule has 1 fully saturated rings. The molecule has 0 radical (unpaired) electrons. The Hall–Kier alpha value is -3.11. The van der Waals surface area contributed by atoms with Crippen molar-refractivity contribution in [3.63, 3.8) is 0 Å². The van der Waals surface area contributed by atoms with Gasteiger partial charge in [-0.15, -0.1) is 0 Å². The fraction of sp³-hybridized carbons (Fsp3) is 0.263. The molecular formula is C19H19N5O4S. The molecule has 3 aromatic rings. The van der Waals surface area contributed by atoms with Crippen LogP contribution >= 0.6 is 0 Å². The fourth-order valence-electron chi connectivity index (χ4n) is 3.40. The standard InChI is InChI=1S/C19H19N5O4S/c1-29(27,28)24(10-13-6-4-5-9-20-13)14-11-23(12-14)19(26)17-15-7-2-3-8-16(15)18(25)22-21-17/h2-9,14H,10-12H2,1H3,(H,22,25). The van der Waals surface area contributed by atoms with Crippen molar-refractivity contribution >= 4 is 26.7 Å². The number of carbonyl (C=O) groups excluding carboxylic acids is 1. The van der Waals surface area contributed by atoms with Gasteiger partial charge in [0.2, 0.25) is 10.0 Å². The number of amides is 1. The number of benzene rings is 1. The Bertz CT molecular complexity index is 1220. The van der Waals surface area contributed by atoms with E-state index in [0.717, 1.165) is 6.26 Å². The number of hydrogen-bond acceptors (Lipinski definition) is 6. The summed E-state index contributed by atoms with van der Waals surface area (Å²) in [5, 5.41) is 7.13. The van der Waals surface area contributed by atoms with Crippen LogP contribution in [0, 0.1) is 0 Å². The maximum absolute atomic E-state index is 12.9. The van der Waals surface area contributed by atoms with Gasteiger partial charge in [-0.1, -0.05) is 24.3 Å². The number of nitrogens with zero attached hydrogens (tertiary/aromatic N) is 4. The van der Waals surface area contributed by atoms with E-state index in [0.29, 0.717) is 16.5 Å². The second-order valence-corrected chi connectivity index (χ2v) is 8.88. The topological polar surface area (TPSA) is 116 Å². The number of nitrogens with one attached hydrogen (secondary N) is 1. The Kier molecular flexibility index (Phi) is 4.89. The molecule has 1 saturated heterocycles. The van der Waals surface area contributed by atoms with Crippen molar-refractivity contribution < 1.29 is 13.2 Å². The van der Waals surface area contributed by atoms with Gasteiger partial charge in [-0.05, 0) is 18.2 Å². The Labute approximate surface area is 167 Å². The number of H-pyrrole nitrogens is 1. The van der Waals surface area contributed by atoms with E-state index in [4.69, 9.17) is 0 Å². The highest BCUT2D eigenvalue weighted by molar-refractivity contribution is 7.88. The number of aromatic nitrogens is 3. The van der Waals surface area contributed by atoms with Crippen molar-refractivity contribution in [3.05, 3.63) is 70.4 Å². The van der Waals surface area contributed by atoms with Crippen LogP contribution in [-0.4, -0.2) is 64.1 Å². The van der Waals surface area contributed by atoms with Crippen LogP contribution < -0.4 is 5.56 Å². The van der Waals surface area contributed by atoms with Gasteiger partial charge in [0.1, 0.15) is 0 Å². The van der Waals surface area contributed by atoms with E-state index in [9.17, 15) is 18.0 Å². The van der Waals surface area contributed by atoms with Gasteiger partial charge in [-0.25, -0.2) is 13.5 Å². The smallest absolute Gasteiger partial charge is 0.275 e. The average molecular weight is 413 g/mol. The third-order valence-electron chi connectivity index (χ3n) is 4.93. The predicted octanol–water partition coefficient (Wildman–Crippen LogP) is 0.604. The molecule has 4 rings (SSSR count). The van der Waals surface area contributed by atoms with E-state index in [-0.39, 0.29) is 42.8 Å². The summed E-state index contributed by atoms with van der Waals surface area (Å²) < 4.78 is 25.9. The molecule has 9 nitrogen and oxygen atoms in total. The minimum atomic E-state index is -3.48. The summed E-state index contributed by atoms with van der Waals surface area (Å²) in [6.45, 7) is 0.633. The number of likely N-dealkylation sites (tertiary alicyclic amines) is 1. The van der Waals surface area contributed by atoms with Crippen molar-refractivity contribution in [3.8, 4) is 0 Å². The Morgan fingerprint density at radius 3 is 2.52 bits per heavy atom. The third kappa shape index (κ3) is 3.76. The summed E-state index contributed by atoms with van der Waals surface area (Å²) in [5.41, 5.74) is 0.419. The van der Waals surface area contributed by atoms with Crippen LogP contribution in [0.15, 0.2) is 53.5 Å². The van der Waals surface area contributed by atoms with Crippen LogP contribution in [0.5, 0.6) is 0 Å². The highest BCUT2D eigenvalue weighted by atomic mass is 32.2. The van der Waals surface area contributed by atoms with Crippen LogP contribution in [0.1, 0.15) is 16.2 Å². The van der Waals surface area contributed by atoms with Crippen molar-refractivity contribution in [1.82, 2.24) is 24.4 Å². The van der Waals surface area contributed by atoms with Crippen LogP contribution in [0.2, 0.25) is 0 Å².